The van der Waals surface area contributed by atoms with Crippen LogP contribution in [0, 0.1) is 5.92 Å². The summed E-state index contributed by atoms with van der Waals surface area (Å²) in [5, 5.41) is 11.7. The lowest BCUT2D eigenvalue weighted by atomic mass is 10.1. The van der Waals surface area contributed by atoms with E-state index >= 15 is 0 Å². The Morgan fingerprint density at radius 2 is 2.15 bits per heavy atom. The van der Waals surface area contributed by atoms with E-state index in [1.807, 2.05) is 24.3 Å². The molecular formula is C15H18BrN3O. The third-order valence-corrected chi connectivity index (χ3v) is 4.25. The van der Waals surface area contributed by atoms with Gasteiger partial charge in [-0.15, -0.1) is 10.2 Å². The minimum Gasteiger partial charge on any atom is -0.419 e. The van der Waals surface area contributed by atoms with E-state index in [2.05, 4.69) is 38.4 Å². The number of rotatable bonds is 6. The van der Waals surface area contributed by atoms with Gasteiger partial charge in [0.05, 0.1) is 12.1 Å². The van der Waals surface area contributed by atoms with Crippen molar-refractivity contribution >= 4 is 15.9 Å². The highest BCUT2D eigenvalue weighted by Gasteiger charge is 2.23. The Balaban J connectivity index is 1.60. The van der Waals surface area contributed by atoms with Crippen molar-refractivity contribution < 1.29 is 4.42 Å². The van der Waals surface area contributed by atoms with Crippen molar-refractivity contribution in [3.8, 4) is 11.5 Å². The lowest BCUT2D eigenvalue weighted by Crippen LogP contribution is -2.26. The lowest BCUT2D eigenvalue weighted by Gasteiger charge is -2.10. The number of benzene rings is 1. The van der Waals surface area contributed by atoms with E-state index < -0.39 is 0 Å². The lowest BCUT2D eigenvalue weighted by molar-refractivity contribution is 0.428. The molecule has 2 aromatic rings. The molecule has 1 aromatic carbocycles. The molecule has 0 amide bonds. The molecule has 4 nitrogen and oxygen atoms in total. The summed E-state index contributed by atoms with van der Waals surface area (Å²) in [6.07, 6.45) is 4.02. The van der Waals surface area contributed by atoms with Gasteiger partial charge in [0.1, 0.15) is 0 Å². The maximum Gasteiger partial charge on any atom is 0.248 e. The molecule has 106 valence electrons. The molecule has 1 aliphatic rings. The number of hydrogen-bond acceptors (Lipinski definition) is 4. The second-order valence-electron chi connectivity index (χ2n) is 5.44. The van der Waals surface area contributed by atoms with Crippen LogP contribution < -0.4 is 5.32 Å². The third kappa shape index (κ3) is 3.46. The second kappa shape index (κ2) is 6.06. The van der Waals surface area contributed by atoms with Crippen molar-refractivity contribution in [2.75, 3.05) is 0 Å². The predicted octanol–water partition coefficient (Wildman–Crippen LogP) is 3.78. The highest BCUT2D eigenvalue weighted by atomic mass is 79.9. The van der Waals surface area contributed by atoms with E-state index in [0.717, 1.165) is 16.0 Å². The van der Waals surface area contributed by atoms with Gasteiger partial charge >= 0.3 is 0 Å². The minimum absolute atomic E-state index is 0.501. The molecule has 3 rings (SSSR count). The summed E-state index contributed by atoms with van der Waals surface area (Å²) < 4.78 is 6.67. The largest absolute Gasteiger partial charge is 0.419 e. The van der Waals surface area contributed by atoms with Crippen LogP contribution in [0.2, 0.25) is 0 Å². The van der Waals surface area contributed by atoms with Crippen LogP contribution in [0.4, 0.5) is 0 Å². The summed E-state index contributed by atoms with van der Waals surface area (Å²) in [6.45, 7) is 2.84. The molecule has 1 aliphatic carbocycles. The normalized spacial score (nSPS) is 16.3. The molecule has 0 saturated heterocycles. The Morgan fingerprint density at radius 1 is 1.35 bits per heavy atom. The molecular weight excluding hydrogens is 318 g/mol. The standard InChI is InChI=1S/C15H18BrN3O/c1-10(8-11-6-7-11)17-9-14-18-19-15(20-14)12-4-2-3-5-13(12)16/h2-5,10-11,17H,6-9H2,1H3. The Kier molecular flexibility index (Phi) is 4.17. The summed E-state index contributed by atoms with van der Waals surface area (Å²) in [6, 6.07) is 8.35. The summed E-state index contributed by atoms with van der Waals surface area (Å²) in [7, 11) is 0. The Bertz CT molecular complexity index is 580. The maximum atomic E-state index is 5.71. The molecule has 1 fully saturated rings. The van der Waals surface area contributed by atoms with E-state index in [-0.39, 0.29) is 0 Å². The van der Waals surface area contributed by atoms with Crippen molar-refractivity contribution in [3.05, 3.63) is 34.6 Å². The van der Waals surface area contributed by atoms with Gasteiger partial charge in [0.25, 0.3) is 0 Å². The Labute approximate surface area is 127 Å². The van der Waals surface area contributed by atoms with Crippen LogP contribution in [0.3, 0.4) is 0 Å². The third-order valence-electron chi connectivity index (χ3n) is 3.56. The fraction of sp³-hybridized carbons (Fsp3) is 0.467. The van der Waals surface area contributed by atoms with Crippen molar-refractivity contribution in [2.45, 2.75) is 38.8 Å². The molecule has 1 N–H and O–H groups in total. The van der Waals surface area contributed by atoms with E-state index in [4.69, 9.17) is 4.42 Å². The first-order valence-corrected chi connectivity index (χ1v) is 7.82. The zero-order valence-electron chi connectivity index (χ0n) is 11.5. The van der Waals surface area contributed by atoms with Crippen LogP contribution in [0.25, 0.3) is 11.5 Å². The van der Waals surface area contributed by atoms with Gasteiger partial charge in [0, 0.05) is 10.5 Å². The Morgan fingerprint density at radius 3 is 2.90 bits per heavy atom. The van der Waals surface area contributed by atoms with Crippen molar-refractivity contribution in [1.29, 1.82) is 0 Å². The van der Waals surface area contributed by atoms with Gasteiger partial charge in [-0.05, 0) is 47.3 Å². The van der Waals surface area contributed by atoms with Gasteiger partial charge in [-0.1, -0.05) is 25.0 Å². The fourth-order valence-electron chi connectivity index (χ4n) is 2.27. The Hall–Kier alpha value is -1.20. The van der Waals surface area contributed by atoms with Crippen LogP contribution in [-0.4, -0.2) is 16.2 Å². The van der Waals surface area contributed by atoms with Crippen LogP contribution >= 0.6 is 15.9 Å². The van der Waals surface area contributed by atoms with Gasteiger partial charge < -0.3 is 9.73 Å². The molecule has 0 spiro atoms. The molecule has 5 heteroatoms. The first kappa shape index (κ1) is 13.8. The van der Waals surface area contributed by atoms with Gasteiger partial charge in [0.15, 0.2) is 0 Å². The number of aromatic nitrogens is 2. The number of nitrogens with zero attached hydrogens (tertiary/aromatic N) is 2. The molecule has 20 heavy (non-hydrogen) atoms. The second-order valence-corrected chi connectivity index (χ2v) is 6.30. The van der Waals surface area contributed by atoms with Crippen molar-refractivity contribution in [3.63, 3.8) is 0 Å². The van der Waals surface area contributed by atoms with Crippen LogP contribution in [0.15, 0.2) is 33.2 Å². The number of nitrogens with one attached hydrogen (secondary N) is 1. The maximum absolute atomic E-state index is 5.71. The highest BCUT2D eigenvalue weighted by molar-refractivity contribution is 9.10. The summed E-state index contributed by atoms with van der Waals surface area (Å²) >= 11 is 3.50. The average Bonchev–Trinajstić information content (AvgIpc) is 3.12. The first-order valence-electron chi connectivity index (χ1n) is 7.03. The van der Waals surface area contributed by atoms with Crippen LogP contribution in [0.5, 0.6) is 0 Å². The van der Waals surface area contributed by atoms with Gasteiger partial charge in [0.2, 0.25) is 11.8 Å². The van der Waals surface area contributed by atoms with E-state index in [1.54, 1.807) is 0 Å². The molecule has 1 unspecified atom stereocenters. The predicted molar refractivity (Wildman–Crippen MR) is 81.1 cm³/mol. The smallest absolute Gasteiger partial charge is 0.248 e. The van der Waals surface area contributed by atoms with E-state index in [0.29, 0.717) is 24.4 Å². The van der Waals surface area contributed by atoms with Gasteiger partial charge in [-0.25, -0.2) is 0 Å². The summed E-state index contributed by atoms with van der Waals surface area (Å²) in [4.78, 5) is 0. The summed E-state index contributed by atoms with van der Waals surface area (Å²) in [5.74, 6) is 2.12. The van der Waals surface area contributed by atoms with E-state index in [1.165, 1.54) is 19.3 Å². The monoisotopic (exact) mass is 335 g/mol. The van der Waals surface area contributed by atoms with Gasteiger partial charge in [-0.3, -0.25) is 0 Å². The van der Waals surface area contributed by atoms with Gasteiger partial charge in [-0.2, -0.15) is 0 Å². The zero-order chi connectivity index (χ0) is 13.9. The SMILES string of the molecule is CC(CC1CC1)NCc1nnc(-c2ccccc2Br)o1. The molecule has 0 aliphatic heterocycles. The molecule has 0 radical (unpaired) electrons. The molecule has 1 atom stereocenters. The quantitative estimate of drug-likeness (QED) is 0.872. The average molecular weight is 336 g/mol. The minimum atomic E-state index is 0.501. The van der Waals surface area contributed by atoms with Crippen molar-refractivity contribution in [2.24, 2.45) is 5.92 Å². The topological polar surface area (TPSA) is 51.0 Å². The number of halogens is 1. The van der Waals surface area contributed by atoms with Crippen molar-refractivity contribution in [1.82, 2.24) is 15.5 Å². The first-order chi connectivity index (χ1) is 9.72. The molecule has 1 heterocycles. The highest BCUT2D eigenvalue weighted by Crippen LogP contribution is 2.33. The fourth-order valence-corrected chi connectivity index (χ4v) is 2.72. The zero-order valence-corrected chi connectivity index (χ0v) is 13.1. The summed E-state index contributed by atoms with van der Waals surface area (Å²) in [5.41, 5.74) is 0.928. The number of hydrogen-bond donors (Lipinski definition) is 1. The molecule has 0 bridgehead atoms. The van der Waals surface area contributed by atoms with Crippen LogP contribution in [0.1, 0.15) is 32.1 Å². The molecule has 1 aromatic heterocycles. The molecule has 1 saturated carbocycles. The van der Waals surface area contributed by atoms with Crippen LogP contribution in [-0.2, 0) is 6.54 Å². The van der Waals surface area contributed by atoms with E-state index in [9.17, 15) is 0 Å².